The summed E-state index contributed by atoms with van der Waals surface area (Å²) in [4.78, 5) is 28.3. The predicted molar refractivity (Wildman–Crippen MR) is 76.1 cm³/mol. The summed E-state index contributed by atoms with van der Waals surface area (Å²) in [6.07, 6.45) is 1.55. The minimum atomic E-state index is -0.529. The number of amides is 2. The topological polar surface area (TPSA) is 78.9 Å². The highest BCUT2D eigenvalue weighted by atomic mass is 16.7. The van der Waals surface area contributed by atoms with Crippen LogP contribution in [-0.2, 0) is 21.0 Å². The van der Waals surface area contributed by atoms with Crippen molar-refractivity contribution in [2.75, 3.05) is 0 Å². The number of rotatable bonds is 5. The number of hydrogen-bond donors (Lipinski definition) is 2. The van der Waals surface area contributed by atoms with Crippen LogP contribution >= 0.6 is 0 Å². The van der Waals surface area contributed by atoms with E-state index in [4.69, 9.17) is 4.84 Å². The molecule has 1 heterocycles. The van der Waals surface area contributed by atoms with Gasteiger partial charge in [-0.15, -0.1) is 0 Å². The van der Waals surface area contributed by atoms with Crippen LogP contribution in [0.25, 0.3) is 0 Å². The van der Waals surface area contributed by atoms with Crippen LogP contribution in [0.4, 0.5) is 0 Å². The molecule has 21 heavy (non-hydrogen) atoms. The fourth-order valence-electron chi connectivity index (χ4n) is 2.61. The first-order chi connectivity index (χ1) is 10.1. The SMILES string of the molecule is CCCC(C(=O)NC=O)N1Cc2cc(O)ccc2C(C)O1. The van der Waals surface area contributed by atoms with E-state index >= 15 is 0 Å². The zero-order valence-corrected chi connectivity index (χ0v) is 12.2. The van der Waals surface area contributed by atoms with Crippen LogP contribution in [0.3, 0.4) is 0 Å². The minimum Gasteiger partial charge on any atom is -0.508 e. The van der Waals surface area contributed by atoms with Crippen molar-refractivity contribution in [3.8, 4) is 5.75 Å². The van der Waals surface area contributed by atoms with Gasteiger partial charge in [-0.05, 0) is 36.6 Å². The van der Waals surface area contributed by atoms with Gasteiger partial charge < -0.3 is 5.11 Å². The van der Waals surface area contributed by atoms with E-state index in [0.29, 0.717) is 19.4 Å². The molecule has 6 heteroatoms. The van der Waals surface area contributed by atoms with Crippen LogP contribution in [-0.4, -0.2) is 28.5 Å². The highest BCUT2D eigenvalue weighted by Gasteiger charge is 2.32. The average Bonchev–Trinajstić information content (AvgIpc) is 2.44. The number of imide groups is 1. The second kappa shape index (κ2) is 6.69. The van der Waals surface area contributed by atoms with Crippen molar-refractivity contribution >= 4 is 12.3 Å². The Morgan fingerprint density at radius 1 is 1.62 bits per heavy atom. The fourth-order valence-corrected chi connectivity index (χ4v) is 2.61. The third kappa shape index (κ3) is 3.40. The number of hydrogen-bond acceptors (Lipinski definition) is 5. The Morgan fingerprint density at radius 3 is 3.05 bits per heavy atom. The standard InChI is InChI=1S/C15H20N2O4/c1-3-4-14(15(20)16-9-18)17-8-11-7-12(19)5-6-13(11)10(2)21-17/h5-7,9-10,14,19H,3-4,8H2,1-2H3,(H,16,18,20). The summed E-state index contributed by atoms with van der Waals surface area (Å²) in [6.45, 7) is 4.25. The molecule has 6 nitrogen and oxygen atoms in total. The molecular formula is C15H20N2O4. The van der Waals surface area contributed by atoms with Gasteiger partial charge in [0.25, 0.3) is 0 Å². The molecule has 0 spiro atoms. The monoisotopic (exact) mass is 292 g/mol. The van der Waals surface area contributed by atoms with Crippen LogP contribution in [0.5, 0.6) is 5.75 Å². The molecule has 1 aliphatic heterocycles. The molecule has 1 aliphatic rings. The quantitative estimate of drug-likeness (QED) is 0.807. The number of phenols is 1. The molecule has 0 fully saturated rings. The lowest BCUT2D eigenvalue weighted by Gasteiger charge is -2.36. The normalized spacial score (nSPS) is 19.6. The number of fused-ring (bicyclic) bond motifs is 1. The maximum Gasteiger partial charge on any atom is 0.246 e. The van der Waals surface area contributed by atoms with Crippen LogP contribution in [0.1, 0.15) is 43.9 Å². The van der Waals surface area contributed by atoms with Gasteiger partial charge in [-0.1, -0.05) is 19.4 Å². The molecule has 0 aromatic heterocycles. The first-order valence-corrected chi connectivity index (χ1v) is 7.06. The zero-order valence-electron chi connectivity index (χ0n) is 12.2. The Hall–Kier alpha value is -1.92. The number of carbonyl (C=O) groups excluding carboxylic acids is 2. The Balaban J connectivity index is 2.24. The number of aromatic hydroxyl groups is 1. The van der Waals surface area contributed by atoms with Crippen molar-refractivity contribution < 1.29 is 19.5 Å². The summed E-state index contributed by atoms with van der Waals surface area (Å²) in [5.41, 5.74) is 1.92. The maximum absolute atomic E-state index is 12.0. The molecule has 2 unspecified atom stereocenters. The number of phenolic OH excluding ortho intramolecular Hbond substituents is 1. The number of nitrogens with zero attached hydrogens (tertiary/aromatic N) is 1. The summed E-state index contributed by atoms with van der Waals surface area (Å²) < 4.78 is 0. The smallest absolute Gasteiger partial charge is 0.246 e. The Kier molecular flexibility index (Phi) is 4.93. The third-order valence-corrected chi connectivity index (χ3v) is 3.60. The Morgan fingerprint density at radius 2 is 2.38 bits per heavy atom. The molecule has 2 N–H and O–H groups in total. The van der Waals surface area contributed by atoms with E-state index in [-0.39, 0.29) is 17.8 Å². The van der Waals surface area contributed by atoms with Gasteiger partial charge in [-0.2, -0.15) is 5.06 Å². The molecule has 1 aromatic rings. The van der Waals surface area contributed by atoms with E-state index in [1.807, 2.05) is 19.9 Å². The largest absolute Gasteiger partial charge is 0.508 e. The van der Waals surface area contributed by atoms with Gasteiger partial charge in [-0.3, -0.25) is 19.7 Å². The molecule has 1 aromatic carbocycles. The van der Waals surface area contributed by atoms with Crippen LogP contribution < -0.4 is 5.32 Å². The van der Waals surface area contributed by atoms with E-state index in [9.17, 15) is 14.7 Å². The summed E-state index contributed by atoms with van der Waals surface area (Å²) in [7, 11) is 0. The van der Waals surface area contributed by atoms with E-state index in [0.717, 1.165) is 17.5 Å². The second-order valence-corrected chi connectivity index (χ2v) is 5.14. The van der Waals surface area contributed by atoms with E-state index in [1.54, 1.807) is 17.2 Å². The number of nitrogens with one attached hydrogen (secondary N) is 1. The molecule has 114 valence electrons. The molecule has 0 radical (unpaired) electrons. The summed E-state index contributed by atoms with van der Waals surface area (Å²) in [5.74, 6) is -0.185. The van der Waals surface area contributed by atoms with Crippen molar-refractivity contribution in [1.82, 2.24) is 10.4 Å². The van der Waals surface area contributed by atoms with E-state index < -0.39 is 6.04 Å². The van der Waals surface area contributed by atoms with Crippen molar-refractivity contribution in [2.45, 2.75) is 45.4 Å². The lowest BCUT2D eigenvalue weighted by molar-refractivity contribution is -0.235. The zero-order chi connectivity index (χ0) is 15.4. The predicted octanol–water partition coefficient (Wildman–Crippen LogP) is 1.64. The van der Waals surface area contributed by atoms with Gasteiger partial charge >= 0.3 is 0 Å². The van der Waals surface area contributed by atoms with Gasteiger partial charge in [0, 0.05) is 0 Å². The van der Waals surface area contributed by atoms with Gasteiger partial charge in [-0.25, -0.2) is 0 Å². The van der Waals surface area contributed by atoms with Gasteiger partial charge in [0.15, 0.2) is 0 Å². The average molecular weight is 292 g/mol. The summed E-state index contributed by atoms with van der Waals surface area (Å²) in [5, 5.41) is 13.4. The van der Waals surface area contributed by atoms with Gasteiger partial charge in [0.2, 0.25) is 12.3 Å². The number of carbonyl (C=O) groups is 2. The van der Waals surface area contributed by atoms with E-state index in [2.05, 4.69) is 5.32 Å². The number of hydroxylamine groups is 2. The van der Waals surface area contributed by atoms with Crippen LogP contribution in [0, 0.1) is 0 Å². The minimum absolute atomic E-state index is 0.187. The Bertz CT molecular complexity index is 532. The first kappa shape index (κ1) is 15.5. The molecule has 0 saturated carbocycles. The van der Waals surface area contributed by atoms with Gasteiger partial charge in [0.05, 0.1) is 6.54 Å². The van der Waals surface area contributed by atoms with Crippen molar-refractivity contribution in [1.29, 1.82) is 0 Å². The molecule has 0 aliphatic carbocycles. The lowest BCUT2D eigenvalue weighted by Crippen LogP contribution is -2.48. The maximum atomic E-state index is 12.0. The molecular weight excluding hydrogens is 272 g/mol. The highest BCUT2D eigenvalue weighted by molar-refractivity contribution is 5.89. The van der Waals surface area contributed by atoms with Crippen LogP contribution in [0.15, 0.2) is 18.2 Å². The van der Waals surface area contributed by atoms with E-state index in [1.165, 1.54) is 0 Å². The molecule has 2 rings (SSSR count). The second-order valence-electron chi connectivity index (χ2n) is 5.14. The van der Waals surface area contributed by atoms with Crippen molar-refractivity contribution in [3.05, 3.63) is 29.3 Å². The molecule has 2 atom stereocenters. The van der Waals surface area contributed by atoms with Gasteiger partial charge in [0.1, 0.15) is 17.9 Å². The number of benzene rings is 1. The van der Waals surface area contributed by atoms with Crippen LogP contribution in [0.2, 0.25) is 0 Å². The van der Waals surface area contributed by atoms with Crippen molar-refractivity contribution in [2.24, 2.45) is 0 Å². The first-order valence-electron chi connectivity index (χ1n) is 7.06. The van der Waals surface area contributed by atoms with Crippen molar-refractivity contribution in [3.63, 3.8) is 0 Å². The summed E-state index contributed by atoms with van der Waals surface area (Å²) >= 11 is 0. The molecule has 0 saturated heterocycles. The fraction of sp³-hybridized carbons (Fsp3) is 0.467. The molecule has 2 amide bonds. The third-order valence-electron chi connectivity index (χ3n) is 3.60. The lowest BCUT2D eigenvalue weighted by atomic mass is 10.00. The highest BCUT2D eigenvalue weighted by Crippen LogP contribution is 2.33. The Labute approximate surface area is 123 Å². The molecule has 0 bridgehead atoms. The summed E-state index contributed by atoms with van der Waals surface area (Å²) in [6, 6.07) is 4.60.